The molecule has 0 bridgehead atoms. The van der Waals surface area contributed by atoms with Crippen molar-refractivity contribution in [2.75, 3.05) is 59.2 Å². The van der Waals surface area contributed by atoms with Gasteiger partial charge >= 0.3 is 0 Å². The first-order chi connectivity index (χ1) is 21.6. The van der Waals surface area contributed by atoms with Crippen molar-refractivity contribution in [1.29, 1.82) is 0 Å². The Morgan fingerprint density at radius 1 is 0.409 bits per heavy atom. The number of unbranched alkanes of at least 4 members (excludes halogenated alkanes) is 22. The van der Waals surface area contributed by atoms with E-state index in [0.29, 0.717) is 26.2 Å². The van der Waals surface area contributed by atoms with Gasteiger partial charge in [0.1, 0.15) is 0 Å². The van der Waals surface area contributed by atoms with Gasteiger partial charge in [-0.25, -0.2) is 0 Å². The molecule has 0 unspecified atom stereocenters. The second kappa shape index (κ2) is 40.4. The van der Waals surface area contributed by atoms with Gasteiger partial charge < -0.3 is 25.3 Å². The van der Waals surface area contributed by atoms with E-state index in [2.05, 4.69) is 31.7 Å². The van der Waals surface area contributed by atoms with Gasteiger partial charge in [0.15, 0.2) is 0 Å². The number of aliphatic hydroxyl groups excluding tert-OH is 4. The summed E-state index contributed by atoms with van der Waals surface area (Å²) in [6, 6.07) is 0. The lowest BCUT2D eigenvalue weighted by Gasteiger charge is -2.23. The third-order valence-electron chi connectivity index (χ3n) is 8.65. The Balaban J connectivity index is 0. The number of hydrogen-bond acceptors (Lipinski definition) is 6. The summed E-state index contributed by atoms with van der Waals surface area (Å²) >= 11 is 0. The second-order valence-electron chi connectivity index (χ2n) is 12.8. The highest BCUT2D eigenvalue weighted by Crippen LogP contribution is 2.14. The van der Waals surface area contributed by atoms with Gasteiger partial charge in [0.2, 0.25) is 0 Å². The molecular weight excluding hydrogens is 548 g/mol. The minimum atomic E-state index is 0.142. The van der Waals surface area contributed by atoms with Crippen molar-refractivity contribution < 1.29 is 20.4 Å². The summed E-state index contributed by atoms with van der Waals surface area (Å²) in [6.45, 7) is 10.9. The first kappa shape index (κ1) is 45.5. The fourth-order valence-corrected chi connectivity index (χ4v) is 5.75. The number of hydrogen-bond donors (Lipinski definition) is 4. The molecule has 0 heterocycles. The van der Waals surface area contributed by atoms with E-state index in [1.165, 1.54) is 153 Å². The Morgan fingerprint density at radius 3 is 1.07 bits per heavy atom. The topological polar surface area (TPSA) is 87.4 Å². The fraction of sp³-hybridized carbons (Fsp3) is 0.947. The SMILES string of the molecule is CCCCCCCCCCC/C=C(\C)N(CCO)CCO.CCCCCCCCCCCCCCCCN(CCO)CCO. The van der Waals surface area contributed by atoms with E-state index in [-0.39, 0.29) is 26.4 Å². The molecule has 0 spiro atoms. The van der Waals surface area contributed by atoms with Gasteiger partial charge in [0.05, 0.1) is 26.4 Å². The van der Waals surface area contributed by atoms with Crippen molar-refractivity contribution in [3.63, 3.8) is 0 Å². The summed E-state index contributed by atoms with van der Waals surface area (Å²) in [5.74, 6) is 0. The minimum Gasteiger partial charge on any atom is -0.395 e. The Hall–Kier alpha value is -0.660. The van der Waals surface area contributed by atoms with Crippen LogP contribution in [0.4, 0.5) is 0 Å². The molecule has 0 aromatic carbocycles. The van der Waals surface area contributed by atoms with Crippen LogP contribution in [0.15, 0.2) is 11.8 Å². The zero-order valence-corrected chi connectivity index (χ0v) is 30.1. The van der Waals surface area contributed by atoms with Gasteiger partial charge in [0.25, 0.3) is 0 Å². The van der Waals surface area contributed by atoms with Crippen LogP contribution in [0.3, 0.4) is 0 Å². The molecule has 0 rings (SSSR count). The molecule has 0 aliphatic carbocycles. The predicted octanol–water partition coefficient (Wildman–Crippen LogP) is 8.85. The van der Waals surface area contributed by atoms with E-state index in [4.69, 9.17) is 20.4 Å². The van der Waals surface area contributed by atoms with Gasteiger partial charge in [-0.1, -0.05) is 155 Å². The van der Waals surface area contributed by atoms with E-state index in [0.717, 1.165) is 13.0 Å². The first-order valence-electron chi connectivity index (χ1n) is 19.2. The van der Waals surface area contributed by atoms with E-state index in [1.54, 1.807) is 0 Å². The van der Waals surface area contributed by atoms with Crippen molar-refractivity contribution in [2.45, 2.75) is 175 Å². The van der Waals surface area contributed by atoms with E-state index in [9.17, 15) is 0 Å². The molecular formula is C38H80N2O4. The molecule has 0 aromatic rings. The minimum absolute atomic E-state index is 0.142. The molecule has 44 heavy (non-hydrogen) atoms. The van der Waals surface area contributed by atoms with Crippen LogP contribution in [0, 0.1) is 0 Å². The van der Waals surface area contributed by atoms with Crippen LogP contribution >= 0.6 is 0 Å². The number of rotatable bonds is 34. The molecule has 0 fully saturated rings. The van der Waals surface area contributed by atoms with E-state index in [1.807, 2.05) is 4.90 Å². The second-order valence-corrected chi connectivity index (χ2v) is 12.8. The van der Waals surface area contributed by atoms with Crippen LogP contribution in [0.25, 0.3) is 0 Å². The van der Waals surface area contributed by atoms with E-state index >= 15 is 0 Å². The number of aliphatic hydroxyl groups is 4. The van der Waals surface area contributed by atoms with Crippen LogP contribution in [-0.4, -0.2) is 89.4 Å². The lowest BCUT2D eigenvalue weighted by Crippen LogP contribution is -2.30. The highest BCUT2D eigenvalue weighted by atomic mass is 16.3. The Kier molecular flexibility index (Phi) is 41.7. The smallest absolute Gasteiger partial charge is 0.0606 e. The van der Waals surface area contributed by atoms with Gasteiger partial charge in [-0.2, -0.15) is 0 Å². The van der Waals surface area contributed by atoms with E-state index < -0.39 is 0 Å². The van der Waals surface area contributed by atoms with Crippen LogP contribution in [0.5, 0.6) is 0 Å². The highest BCUT2D eigenvalue weighted by molar-refractivity contribution is 4.97. The first-order valence-corrected chi connectivity index (χ1v) is 19.2. The molecule has 0 aliphatic heterocycles. The summed E-state index contributed by atoms with van der Waals surface area (Å²) in [6.07, 6.45) is 35.0. The standard InChI is InChI=1S/C20H43NO2.C18H37NO2/c1-2-3-4-5-6-7-8-9-10-11-12-13-14-15-16-21(17-19-22)18-20-23;1-3-4-5-6-7-8-9-10-11-12-13-18(2)19(14-16-20)15-17-21/h22-23H,2-20H2,1H3;13,20-21H,3-12,14-17H2,1-2H3/b;18-13+. The van der Waals surface area contributed by atoms with Gasteiger partial charge in [0, 0.05) is 31.9 Å². The summed E-state index contributed by atoms with van der Waals surface area (Å²) in [5.41, 5.74) is 1.18. The Morgan fingerprint density at radius 2 is 0.727 bits per heavy atom. The third kappa shape index (κ3) is 35.8. The molecule has 6 heteroatoms. The van der Waals surface area contributed by atoms with Crippen molar-refractivity contribution in [3.8, 4) is 0 Å². The van der Waals surface area contributed by atoms with Crippen molar-refractivity contribution in [3.05, 3.63) is 11.8 Å². The lowest BCUT2D eigenvalue weighted by atomic mass is 10.0. The maximum Gasteiger partial charge on any atom is 0.0606 e. The monoisotopic (exact) mass is 629 g/mol. The normalized spacial score (nSPS) is 11.7. The molecule has 266 valence electrons. The molecule has 0 aliphatic rings. The van der Waals surface area contributed by atoms with Crippen molar-refractivity contribution in [1.82, 2.24) is 9.80 Å². The molecule has 4 N–H and O–H groups in total. The summed E-state index contributed by atoms with van der Waals surface area (Å²) < 4.78 is 0. The van der Waals surface area contributed by atoms with Gasteiger partial charge in [-0.05, 0) is 32.7 Å². The highest BCUT2D eigenvalue weighted by Gasteiger charge is 2.04. The molecule has 0 radical (unpaired) electrons. The van der Waals surface area contributed by atoms with Crippen LogP contribution in [0.2, 0.25) is 0 Å². The maximum absolute atomic E-state index is 9.01. The number of nitrogens with zero attached hydrogens (tertiary/aromatic N) is 2. The average Bonchev–Trinajstić information content (AvgIpc) is 3.02. The summed E-state index contributed by atoms with van der Waals surface area (Å²) in [5, 5.41) is 35.9. The van der Waals surface area contributed by atoms with Crippen LogP contribution < -0.4 is 0 Å². The molecule has 6 nitrogen and oxygen atoms in total. The third-order valence-corrected chi connectivity index (χ3v) is 8.65. The fourth-order valence-electron chi connectivity index (χ4n) is 5.75. The molecule has 0 saturated heterocycles. The van der Waals surface area contributed by atoms with Crippen molar-refractivity contribution in [2.24, 2.45) is 0 Å². The molecule has 0 amide bonds. The summed E-state index contributed by atoms with van der Waals surface area (Å²) in [7, 11) is 0. The lowest BCUT2D eigenvalue weighted by molar-refractivity contribution is 0.159. The zero-order valence-electron chi connectivity index (χ0n) is 30.1. The van der Waals surface area contributed by atoms with Crippen LogP contribution in [-0.2, 0) is 0 Å². The van der Waals surface area contributed by atoms with Gasteiger partial charge in [-0.3, -0.25) is 4.90 Å². The molecule has 0 atom stereocenters. The van der Waals surface area contributed by atoms with Crippen molar-refractivity contribution >= 4 is 0 Å². The number of allylic oxidation sites excluding steroid dienone is 2. The molecule has 0 aromatic heterocycles. The Bertz CT molecular complexity index is 535. The van der Waals surface area contributed by atoms with Crippen LogP contribution in [0.1, 0.15) is 175 Å². The predicted molar refractivity (Wildman–Crippen MR) is 192 cm³/mol. The summed E-state index contributed by atoms with van der Waals surface area (Å²) in [4.78, 5) is 4.20. The Labute approximate surface area is 275 Å². The van der Waals surface area contributed by atoms with Gasteiger partial charge in [-0.15, -0.1) is 0 Å². The quantitative estimate of drug-likeness (QED) is 0.0533. The zero-order chi connectivity index (χ0) is 32.8. The molecule has 0 saturated carbocycles. The average molecular weight is 629 g/mol. The maximum atomic E-state index is 9.01. The largest absolute Gasteiger partial charge is 0.395 e.